The van der Waals surface area contributed by atoms with Crippen LogP contribution in [0, 0.1) is 0 Å². The van der Waals surface area contributed by atoms with Gasteiger partial charge in [-0.15, -0.1) is 24.0 Å². The topological polar surface area (TPSA) is 71.8 Å². The van der Waals surface area contributed by atoms with Crippen LogP contribution in [0.3, 0.4) is 0 Å². The van der Waals surface area contributed by atoms with Crippen molar-refractivity contribution in [3.05, 3.63) is 17.5 Å². The number of aromatic nitrogens is 2. The first-order chi connectivity index (χ1) is 11.4. The SMILES string of the molecule is CCOC(=O)CCCNC(=NC)N(C)Cc1cn(C)nc1C(C)C.I. The summed E-state index contributed by atoms with van der Waals surface area (Å²) in [6.07, 6.45) is 3.19. The number of hydrogen-bond acceptors (Lipinski definition) is 4. The number of nitrogens with one attached hydrogen (secondary N) is 1. The van der Waals surface area contributed by atoms with Crippen molar-refractivity contribution < 1.29 is 9.53 Å². The molecule has 25 heavy (non-hydrogen) atoms. The van der Waals surface area contributed by atoms with Gasteiger partial charge in [0.05, 0.1) is 12.3 Å². The van der Waals surface area contributed by atoms with E-state index in [9.17, 15) is 4.79 Å². The lowest BCUT2D eigenvalue weighted by Gasteiger charge is -2.22. The molecule has 1 aromatic heterocycles. The lowest BCUT2D eigenvalue weighted by molar-refractivity contribution is -0.143. The zero-order valence-corrected chi connectivity index (χ0v) is 18.5. The van der Waals surface area contributed by atoms with Crippen molar-refractivity contribution in [2.75, 3.05) is 27.2 Å². The van der Waals surface area contributed by atoms with E-state index < -0.39 is 0 Å². The molecule has 0 aromatic carbocycles. The van der Waals surface area contributed by atoms with Gasteiger partial charge in [-0.25, -0.2) is 0 Å². The quantitative estimate of drug-likeness (QED) is 0.210. The molecule has 0 radical (unpaired) electrons. The maximum Gasteiger partial charge on any atom is 0.305 e. The van der Waals surface area contributed by atoms with E-state index >= 15 is 0 Å². The molecule has 0 fully saturated rings. The van der Waals surface area contributed by atoms with Crippen molar-refractivity contribution in [2.24, 2.45) is 12.0 Å². The van der Waals surface area contributed by atoms with Crippen molar-refractivity contribution in [1.82, 2.24) is 20.0 Å². The Morgan fingerprint density at radius 2 is 2.16 bits per heavy atom. The maximum absolute atomic E-state index is 11.3. The molecule has 1 aromatic rings. The van der Waals surface area contributed by atoms with E-state index in [1.807, 2.05) is 25.7 Å². The first kappa shape index (κ1) is 23.7. The zero-order valence-electron chi connectivity index (χ0n) is 16.2. The average Bonchev–Trinajstić information content (AvgIpc) is 2.88. The van der Waals surface area contributed by atoms with E-state index in [2.05, 4.69) is 40.4 Å². The van der Waals surface area contributed by atoms with Gasteiger partial charge in [-0.1, -0.05) is 13.8 Å². The number of guanidine groups is 1. The monoisotopic (exact) mass is 465 g/mol. The highest BCUT2D eigenvalue weighted by atomic mass is 127. The van der Waals surface area contributed by atoms with Gasteiger partial charge < -0.3 is 15.0 Å². The summed E-state index contributed by atoms with van der Waals surface area (Å²) in [5.41, 5.74) is 2.31. The predicted molar refractivity (Wildman–Crippen MR) is 111 cm³/mol. The Bertz CT molecular complexity index is 557. The average molecular weight is 465 g/mol. The Balaban J connectivity index is 0.00000576. The van der Waals surface area contributed by atoms with Gasteiger partial charge >= 0.3 is 5.97 Å². The number of esters is 1. The van der Waals surface area contributed by atoms with Gasteiger partial charge in [-0.05, 0) is 19.3 Å². The largest absolute Gasteiger partial charge is 0.466 e. The fourth-order valence-corrected chi connectivity index (χ4v) is 2.54. The molecular weight excluding hydrogens is 433 g/mol. The highest BCUT2D eigenvalue weighted by Crippen LogP contribution is 2.18. The number of ether oxygens (including phenoxy) is 1. The molecule has 0 unspecified atom stereocenters. The summed E-state index contributed by atoms with van der Waals surface area (Å²) >= 11 is 0. The van der Waals surface area contributed by atoms with E-state index in [0.29, 0.717) is 25.5 Å². The first-order valence-electron chi connectivity index (χ1n) is 8.48. The molecular formula is C17H32IN5O2. The minimum atomic E-state index is -0.153. The second kappa shape index (κ2) is 12.1. The third-order valence-electron chi connectivity index (χ3n) is 3.61. The van der Waals surface area contributed by atoms with Gasteiger partial charge in [0.1, 0.15) is 0 Å². The van der Waals surface area contributed by atoms with Crippen molar-refractivity contribution in [3.8, 4) is 0 Å². The van der Waals surface area contributed by atoms with Crippen LogP contribution in [0.25, 0.3) is 0 Å². The van der Waals surface area contributed by atoms with E-state index in [-0.39, 0.29) is 29.9 Å². The highest BCUT2D eigenvalue weighted by molar-refractivity contribution is 14.0. The molecule has 8 heteroatoms. The Morgan fingerprint density at radius 1 is 1.48 bits per heavy atom. The summed E-state index contributed by atoms with van der Waals surface area (Å²) in [4.78, 5) is 17.7. The minimum absolute atomic E-state index is 0. The molecule has 0 amide bonds. The molecule has 0 bridgehead atoms. The smallest absolute Gasteiger partial charge is 0.305 e. The van der Waals surface area contributed by atoms with Crippen LogP contribution in [0.4, 0.5) is 0 Å². The summed E-state index contributed by atoms with van der Waals surface area (Å²) in [5.74, 6) is 1.03. The number of aryl methyl sites for hydroxylation is 1. The fraction of sp³-hybridized carbons (Fsp3) is 0.706. The van der Waals surface area contributed by atoms with Crippen LogP contribution in [0.1, 0.15) is 50.8 Å². The number of aliphatic imine (C=N–C) groups is 1. The molecule has 0 aliphatic rings. The molecule has 0 atom stereocenters. The summed E-state index contributed by atoms with van der Waals surface area (Å²) in [5, 5.41) is 7.82. The van der Waals surface area contributed by atoms with Crippen LogP contribution < -0.4 is 5.32 Å². The Hall–Kier alpha value is -1.32. The minimum Gasteiger partial charge on any atom is -0.466 e. The standard InChI is InChI=1S/C17H31N5O2.HI/c1-7-24-15(23)9-8-10-19-17(18-4)21(5)11-14-12-22(6)20-16(14)13(2)3;/h12-13H,7-11H2,1-6H3,(H,18,19);1H. The van der Waals surface area contributed by atoms with Crippen molar-refractivity contribution in [1.29, 1.82) is 0 Å². The van der Waals surface area contributed by atoms with Gasteiger partial charge in [-0.3, -0.25) is 14.5 Å². The van der Waals surface area contributed by atoms with Gasteiger partial charge in [0, 0.05) is 52.4 Å². The third-order valence-corrected chi connectivity index (χ3v) is 3.61. The van der Waals surface area contributed by atoms with E-state index in [1.54, 1.807) is 7.05 Å². The normalized spacial score (nSPS) is 11.2. The number of nitrogens with zero attached hydrogens (tertiary/aromatic N) is 4. The molecule has 0 saturated carbocycles. The van der Waals surface area contributed by atoms with E-state index in [1.165, 1.54) is 5.56 Å². The van der Waals surface area contributed by atoms with Gasteiger partial charge in [0.2, 0.25) is 0 Å². The molecule has 1 heterocycles. The van der Waals surface area contributed by atoms with E-state index in [4.69, 9.17) is 4.74 Å². The lowest BCUT2D eigenvalue weighted by Crippen LogP contribution is -2.39. The Morgan fingerprint density at radius 3 is 2.72 bits per heavy atom. The van der Waals surface area contributed by atoms with Crippen molar-refractivity contribution >= 4 is 35.9 Å². The third kappa shape index (κ3) is 8.06. The molecule has 0 aliphatic carbocycles. The van der Waals surface area contributed by atoms with Crippen LogP contribution in [-0.4, -0.2) is 53.9 Å². The summed E-state index contributed by atoms with van der Waals surface area (Å²) in [7, 11) is 5.70. The molecule has 144 valence electrons. The van der Waals surface area contributed by atoms with Crippen molar-refractivity contribution in [3.63, 3.8) is 0 Å². The van der Waals surface area contributed by atoms with Crippen LogP contribution >= 0.6 is 24.0 Å². The van der Waals surface area contributed by atoms with Crippen LogP contribution in [0.5, 0.6) is 0 Å². The van der Waals surface area contributed by atoms with Crippen LogP contribution in [-0.2, 0) is 23.1 Å². The number of carbonyl (C=O) groups excluding carboxylic acids is 1. The summed E-state index contributed by atoms with van der Waals surface area (Å²) < 4.78 is 6.78. The van der Waals surface area contributed by atoms with E-state index in [0.717, 1.165) is 24.6 Å². The molecule has 7 nitrogen and oxygen atoms in total. The molecule has 0 saturated heterocycles. The number of rotatable bonds is 8. The first-order valence-corrected chi connectivity index (χ1v) is 8.48. The lowest BCUT2D eigenvalue weighted by atomic mass is 10.1. The Kier molecular flexibility index (Phi) is 11.5. The number of halogens is 1. The second-order valence-electron chi connectivity index (χ2n) is 6.11. The summed E-state index contributed by atoms with van der Waals surface area (Å²) in [6.45, 7) is 7.96. The second-order valence-corrected chi connectivity index (χ2v) is 6.11. The number of hydrogen-bond donors (Lipinski definition) is 1. The predicted octanol–water partition coefficient (Wildman–Crippen LogP) is 2.51. The van der Waals surface area contributed by atoms with Gasteiger partial charge in [0.25, 0.3) is 0 Å². The number of carbonyl (C=O) groups is 1. The van der Waals surface area contributed by atoms with Gasteiger partial charge in [-0.2, -0.15) is 5.10 Å². The maximum atomic E-state index is 11.3. The Labute approximate surface area is 168 Å². The van der Waals surface area contributed by atoms with Crippen molar-refractivity contribution in [2.45, 2.75) is 46.1 Å². The zero-order chi connectivity index (χ0) is 18.1. The van der Waals surface area contributed by atoms with Crippen LogP contribution in [0.15, 0.2) is 11.2 Å². The van der Waals surface area contributed by atoms with Crippen LogP contribution in [0.2, 0.25) is 0 Å². The molecule has 0 aliphatic heterocycles. The van der Waals surface area contributed by atoms with Gasteiger partial charge in [0.15, 0.2) is 5.96 Å². The molecule has 0 spiro atoms. The highest BCUT2D eigenvalue weighted by Gasteiger charge is 2.15. The molecule has 1 N–H and O–H groups in total. The molecule has 1 rings (SSSR count). The fourth-order valence-electron chi connectivity index (χ4n) is 2.54. The summed E-state index contributed by atoms with van der Waals surface area (Å²) in [6, 6.07) is 0.